The molecule has 0 aliphatic heterocycles. The Balaban J connectivity index is 2.28. The Morgan fingerprint density at radius 3 is 1.67 bits per heavy atom. The number of hydrogen-bond donors (Lipinski definition) is 0. The van der Waals surface area contributed by atoms with Crippen molar-refractivity contribution >= 4 is 23.5 Å². The fourth-order valence-corrected chi connectivity index (χ4v) is 2.46. The molecule has 126 valence electrons. The number of carbonyl (C=O) groups excluding carboxylic acids is 2. The van der Waals surface area contributed by atoms with Gasteiger partial charge >= 0.3 is 11.9 Å². The van der Waals surface area contributed by atoms with E-state index in [1.54, 1.807) is 26.0 Å². The largest absolute Gasteiger partial charge is 0.465 e. The first-order valence-corrected chi connectivity index (χ1v) is 8.13. The monoisotopic (exact) mass is 346 g/mol. The molecule has 0 spiro atoms. The van der Waals surface area contributed by atoms with E-state index in [0.29, 0.717) is 10.6 Å². The second-order valence-corrected chi connectivity index (χ2v) is 5.50. The first-order valence-electron chi connectivity index (χ1n) is 7.76. The third-order valence-electron chi connectivity index (χ3n) is 3.47. The molecule has 0 radical (unpaired) electrons. The minimum absolute atomic E-state index is 0.206. The molecule has 5 heteroatoms. The number of hydrogen-bond acceptors (Lipinski definition) is 4. The molecule has 0 aromatic heterocycles. The highest BCUT2D eigenvalue weighted by atomic mass is 35.5. The minimum atomic E-state index is -1.07. The van der Waals surface area contributed by atoms with E-state index in [-0.39, 0.29) is 13.2 Å². The molecule has 0 bridgehead atoms. The van der Waals surface area contributed by atoms with Crippen molar-refractivity contribution < 1.29 is 19.1 Å². The quantitative estimate of drug-likeness (QED) is 0.580. The van der Waals surface area contributed by atoms with Crippen LogP contribution < -0.4 is 0 Å². The summed E-state index contributed by atoms with van der Waals surface area (Å²) in [6.07, 6.45) is 0. The van der Waals surface area contributed by atoms with Crippen LogP contribution >= 0.6 is 11.6 Å². The molecule has 2 aromatic rings. The lowest BCUT2D eigenvalue weighted by Gasteiger charge is -2.15. The number of benzene rings is 2. The van der Waals surface area contributed by atoms with Gasteiger partial charge in [0.05, 0.1) is 13.2 Å². The SMILES string of the molecule is CCOC(=O)C(C(=O)OCC)c1ccc(-c2ccc(Cl)cc2)cc1. The Bertz CT molecular complexity index is 674. The standard InChI is InChI=1S/C19H19ClO4/c1-3-23-18(21)17(19(22)24-4-2)15-7-5-13(6-8-15)14-9-11-16(20)12-10-14/h5-12,17H,3-4H2,1-2H3. The number of halogens is 1. The summed E-state index contributed by atoms with van der Waals surface area (Å²) in [5.74, 6) is -2.27. The smallest absolute Gasteiger partial charge is 0.324 e. The van der Waals surface area contributed by atoms with E-state index in [4.69, 9.17) is 21.1 Å². The average Bonchev–Trinajstić information content (AvgIpc) is 2.57. The Kier molecular flexibility index (Phi) is 6.38. The second-order valence-electron chi connectivity index (χ2n) is 5.07. The number of ether oxygens (including phenoxy) is 2. The highest BCUT2D eigenvalue weighted by Crippen LogP contribution is 2.25. The first-order chi connectivity index (χ1) is 11.6. The van der Waals surface area contributed by atoms with E-state index in [1.165, 1.54) is 0 Å². The van der Waals surface area contributed by atoms with Crippen molar-refractivity contribution in [3.05, 3.63) is 59.1 Å². The summed E-state index contributed by atoms with van der Waals surface area (Å²) in [5.41, 5.74) is 2.50. The van der Waals surface area contributed by atoms with E-state index in [9.17, 15) is 9.59 Å². The number of esters is 2. The van der Waals surface area contributed by atoms with Crippen molar-refractivity contribution in [1.82, 2.24) is 0 Å². The molecular formula is C19H19ClO4. The molecule has 0 fully saturated rings. The van der Waals surface area contributed by atoms with E-state index in [2.05, 4.69) is 0 Å². The van der Waals surface area contributed by atoms with Gasteiger partial charge in [0, 0.05) is 5.02 Å². The predicted molar refractivity (Wildman–Crippen MR) is 92.9 cm³/mol. The lowest BCUT2D eigenvalue weighted by molar-refractivity contribution is -0.156. The summed E-state index contributed by atoms with van der Waals surface area (Å²) in [7, 11) is 0. The molecule has 0 amide bonds. The van der Waals surface area contributed by atoms with Gasteiger partial charge in [-0.2, -0.15) is 0 Å². The topological polar surface area (TPSA) is 52.6 Å². The second kappa shape index (κ2) is 8.50. The van der Waals surface area contributed by atoms with Gasteiger partial charge in [-0.3, -0.25) is 9.59 Å². The van der Waals surface area contributed by atoms with Gasteiger partial charge in [-0.15, -0.1) is 0 Å². The number of rotatable bonds is 6. The molecule has 0 atom stereocenters. The predicted octanol–water partition coefficient (Wildman–Crippen LogP) is 4.22. The number of carbonyl (C=O) groups is 2. The van der Waals surface area contributed by atoms with Gasteiger partial charge in [-0.1, -0.05) is 48.0 Å². The van der Waals surface area contributed by atoms with Crippen molar-refractivity contribution in [2.45, 2.75) is 19.8 Å². The Labute approximate surface area is 146 Å². The summed E-state index contributed by atoms with van der Waals surface area (Å²) in [4.78, 5) is 24.2. The third kappa shape index (κ3) is 4.36. The summed E-state index contributed by atoms with van der Waals surface area (Å²) in [5, 5.41) is 0.667. The third-order valence-corrected chi connectivity index (χ3v) is 3.72. The molecule has 2 aromatic carbocycles. The van der Waals surface area contributed by atoms with Crippen LogP contribution in [0.1, 0.15) is 25.3 Å². The van der Waals surface area contributed by atoms with Crippen molar-refractivity contribution in [3.8, 4) is 11.1 Å². The zero-order chi connectivity index (χ0) is 17.5. The van der Waals surface area contributed by atoms with Crippen LogP contribution in [-0.4, -0.2) is 25.2 Å². The lowest BCUT2D eigenvalue weighted by atomic mass is 9.96. The van der Waals surface area contributed by atoms with E-state index < -0.39 is 17.9 Å². The molecule has 0 saturated carbocycles. The zero-order valence-corrected chi connectivity index (χ0v) is 14.4. The fourth-order valence-electron chi connectivity index (χ4n) is 2.33. The molecule has 0 heterocycles. The summed E-state index contributed by atoms with van der Waals surface area (Å²) in [6.45, 7) is 3.81. The summed E-state index contributed by atoms with van der Waals surface area (Å²) >= 11 is 5.89. The van der Waals surface area contributed by atoms with Gasteiger partial charge in [-0.05, 0) is 42.7 Å². The van der Waals surface area contributed by atoms with Gasteiger partial charge in [0.1, 0.15) is 0 Å². The van der Waals surface area contributed by atoms with Crippen LogP contribution in [0.3, 0.4) is 0 Å². The summed E-state index contributed by atoms with van der Waals surface area (Å²) < 4.78 is 10.00. The van der Waals surface area contributed by atoms with Crippen molar-refractivity contribution in [3.63, 3.8) is 0 Å². The molecule has 0 N–H and O–H groups in total. The van der Waals surface area contributed by atoms with Crippen LogP contribution in [0.4, 0.5) is 0 Å². The highest BCUT2D eigenvalue weighted by Gasteiger charge is 2.31. The minimum Gasteiger partial charge on any atom is -0.465 e. The lowest BCUT2D eigenvalue weighted by Crippen LogP contribution is -2.26. The Hall–Kier alpha value is -2.33. The van der Waals surface area contributed by atoms with Crippen LogP contribution in [0.25, 0.3) is 11.1 Å². The highest BCUT2D eigenvalue weighted by molar-refractivity contribution is 6.30. The van der Waals surface area contributed by atoms with Gasteiger partial charge < -0.3 is 9.47 Å². The Morgan fingerprint density at radius 2 is 1.25 bits per heavy atom. The van der Waals surface area contributed by atoms with Crippen LogP contribution in [0.2, 0.25) is 5.02 Å². The molecule has 4 nitrogen and oxygen atoms in total. The zero-order valence-electron chi connectivity index (χ0n) is 13.6. The first kappa shape index (κ1) is 18.0. The maximum atomic E-state index is 12.1. The van der Waals surface area contributed by atoms with E-state index in [1.807, 2.05) is 36.4 Å². The molecule has 0 aliphatic carbocycles. The Morgan fingerprint density at radius 1 is 0.833 bits per heavy atom. The van der Waals surface area contributed by atoms with Gasteiger partial charge in [-0.25, -0.2) is 0 Å². The fraction of sp³-hybridized carbons (Fsp3) is 0.263. The van der Waals surface area contributed by atoms with Gasteiger partial charge in [0.2, 0.25) is 0 Å². The normalized spacial score (nSPS) is 10.5. The van der Waals surface area contributed by atoms with Crippen LogP contribution in [-0.2, 0) is 19.1 Å². The molecule has 24 heavy (non-hydrogen) atoms. The van der Waals surface area contributed by atoms with Crippen LogP contribution in [0.15, 0.2) is 48.5 Å². The molecule has 2 rings (SSSR count). The van der Waals surface area contributed by atoms with Crippen molar-refractivity contribution in [2.75, 3.05) is 13.2 Å². The van der Waals surface area contributed by atoms with Crippen LogP contribution in [0, 0.1) is 0 Å². The molecular weight excluding hydrogens is 328 g/mol. The van der Waals surface area contributed by atoms with Gasteiger partial charge in [0.15, 0.2) is 5.92 Å². The molecule has 0 unspecified atom stereocenters. The maximum Gasteiger partial charge on any atom is 0.324 e. The average molecular weight is 347 g/mol. The molecule has 0 aliphatic rings. The van der Waals surface area contributed by atoms with Gasteiger partial charge in [0.25, 0.3) is 0 Å². The maximum absolute atomic E-state index is 12.1. The van der Waals surface area contributed by atoms with Crippen molar-refractivity contribution in [1.29, 1.82) is 0 Å². The van der Waals surface area contributed by atoms with E-state index in [0.717, 1.165) is 11.1 Å². The van der Waals surface area contributed by atoms with E-state index >= 15 is 0 Å². The summed E-state index contributed by atoms with van der Waals surface area (Å²) in [6, 6.07) is 14.6. The van der Waals surface area contributed by atoms with Crippen molar-refractivity contribution in [2.24, 2.45) is 0 Å². The van der Waals surface area contributed by atoms with Crippen LogP contribution in [0.5, 0.6) is 0 Å². The molecule has 0 saturated heterocycles.